The van der Waals surface area contributed by atoms with E-state index in [2.05, 4.69) is 10.3 Å². The zero-order valence-electron chi connectivity index (χ0n) is 8.92. The van der Waals surface area contributed by atoms with Crippen LogP contribution in [0.4, 0.5) is 0 Å². The lowest BCUT2D eigenvalue weighted by Gasteiger charge is -2.23. The van der Waals surface area contributed by atoms with E-state index < -0.39 is 11.4 Å². The van der Waals surface area contributed by atoms with Crippen LogP contribution in [0.1, 0.15) is 24.3 Å². The Morgan fingerprint density at radius 2 is 2.12 bits per heavy atom. The molecule has 1 rings (SSSR count). The lowest BCUT2D eigenvalue weighted by molar-refractivity contribution is 0.0864. The van der Waals surface area contributed by atoms with Gasteiger partial charge in [-0.1, -0.05) is 23.2 Å². The van der Waals surface area contributed by atoms with Crippen LogP contribution in [0.3, 0.4) is 0 Å². The van der Waals surface area contributed by atoms with Crippen molar-refractivity contribution in [3.63, 3.8) is 0 Å². The molecule has 1 heterocycles. The highest BCUT2D eigenvalue weighted by Crippen LogP contribution is 2.17. The molecule has 0 spiro atoms. The largest absolute Gasteiger partial charge is 0.394 e. The van der Waals surface area contributed by atoms with E-state index in [1.165, 1.54) is 12.1 Å². The van der Waals surface area contributed by atoms with Crippen LogP contribution in [-0.2, 0) is 0 Å². The molecule has 6 heteroatoms. The Kier molecular flexibility index (Phi) is 4.13. The van der Waals surface area contributed by atoms with E-state index in [1.807, 2.05) is 0 Å². The average Bonchev–Trinajstić information content (AvgIpc) is 2.21. The SMILES string of the molecule is CC(C)(CO)NC(=O)c1nc(Cl)ccc1Cl. The van der Waals surface area contributed by atoms with Crippen molar-refractivity contribution in [3.05, 3.63) is 28.0 Å². The molecule has 1 aromatic heterocycles. The van der Waals surface area contributed by atoms with E-state index in [0.29, 0.717) is 0 Å². The number of carbonyl (C=O) groups excluding carboxylic acids is 1. The number of halogens is 2. The van der Waals surface area contributed by atoms with Gasteiger partial charge in [-0.15, -0.1) is 0 Å². The van der Waals surface area contributed by atoms with Gasteiger partial charge in [0.1, 0.15) is 10.8 Å². The van der Waals surface area contributed by atoms with Crippen LogP contribution < -0.4 is 5.32 Å². The third-order valence-electron chi connectivity index (χ3n) is 1.87. The summed E-state index contributed by atoms with van der Waals surface area (Å²) in [6.45, 7) is 3.18. The molecule has 0 aromatic carbocycles. The van der Waals surface area contributed by atoms with Crippen molar-refractivity contribution in [2.75, 3.05) is 6.61 Å². The number of pyridine rings is 1. The van der Waals surface area contributed by atoms with Crippen LogP contribution >= 0.6 is 23.2 Å². The third kappa shape index (κ3) is 3.33. The second kappa shape index (κ2) is 4.99. The first-order valence-electron chi connectivity index (χ1n) is 4.61. The number of rotatable bonds is 3. The first kappa shape index (κ1) is 13.2. The smallest absolute Gasteiger partial charge is 0.271 e. The molecule has 0 fully saturated rings. The number of hydrogen-bond donors (Lipinski definition) is 2. The zero-order chi connectivity index (χ0) is 12.3. The number of hydrogen-bond acceptors (Lipinski definition) is 3. The fraction of sp³-hybridized carbons (Fsp3) is 0.400. The van der Waals surface area contributed by atoms with E-state index >= 15 is 0 Å². The Hall–Kier alpha value is -0.840. The lowest BCUT2D eigenvalue weighted by atomic mass is 10.1. The molecule has 88 valence electrons. The molecule has 1 amide bonds. The van der Waals surface area contributed by atoms with Gasteiger partial charge in [0.15, 0.2) is 0 Å². The maximum absolute atomic E-state index is 11.8. The fourth-order valence-electron chi connectivity index (χ4n) is 0.984. The molecule has 16 heavy (non-hydrogen) atoms. The second-order valence-corrected chi connectivity index (χ2v) is 4.75. The zero-order valence-corrected chi connectivity index (χ0v) is 10.4. The molecule has 4 nitrogen and oxygen atoms in total. The number of nitrogens with zero attached hydrogens (tertiary/aromatic N) is 1. The van der Waals surface area contributed by atoms with Crippen LogP contribution in [0.5, 0.6) is 0 Å². The van der Waals surface area contributed by atoms with Gasteiger partial charge in [-0.3, -0.25) is 4.79 Å². The number of aliphatic hydroxyl groups is 1. The number of nitrogens with one attached hydrogen (secondary N) is 1. The summed E-state index contributed by atoms with van der Waals surface area (Å²) in [7, 11) is 0. The van der Waals surface area contributed by atoms with Gasteiger partial charge < -0.3 is 10.4 Å². The van der Waals surface area contributed by atoms with Gasteiger partial charge in [-0.05, 0) is 26.0 Å². The highest BCUT2D eigenvalue weighted by molar-refractivity contribution is 6.34. The molecule has 0 bridgehead atoms. The van der Waals surface area contributed by atoms with Crippen molar-refractivity contribution in [2.24, 2.45) is 0 Å². The highest BCUT2D eigenvalue weighted by atomic mass is 35.5. The van der Waals surface area contributed by atoms with Crippen LogP contribution in [-0.4, -0.2) is 28.1 Å². The predicted octanol–water partition coefficient (Wildman–Crippen LogP) is 1.89. The topological polar surface area (TPSA) is 62.2 Å². The Bertz CT molecular complexity index is 408. The summed E-state index contributed by atoms with van der Waals surface area (Å²) in [5, 5.41) is 12.0. The Balaban J connectivity index is 2.93. The maximum atomic E-state index is 11.8. The Morgan fingerprint density at radius 3 is 2.69 bits per heavy atom. The molecule has 0 saturated heterocycles. The van der Waals surface area contributed by atoms with E-state index in [9.17, 15) is 4.79 Å². The molecule has 0 aliphatic carbocycles. The van der Waals surface area contributed by atoms with E-state index in [-0.39, 0.29) is 22.5 Å². The lowest BCUT2D eigenvalue weighted by Crippen LogP contribution is -2.46. The summed E-state index contributed by atoms with van der Waals surface area (Å²) >= 11 is 11.5. The molecule has 0 radical (unpaired) electrons. The van der Waals surface area contributed by atoms with Crippen molar-refractivity contribution in [1.29, 1.82) is 0 Å². The third-order valence-corrected chi connectivity index (χ3v) is 2.39. The second-order valence-electron chi connectivity index (χ2n) is 3.96. The first-order chi connectivity index (χ1) is 7.35. The molecule has 0 unspecified atom stereocenters. The predicted molar refractivity (Wildman–Crippen MR) is 62.9 cm³/mol. The molecule has 1 aromatic rings. The van der Waals surface area contributed by atoms with Crippen molar-refractivity contribution in [2.45, 2.75) is 19.4 Å². The molecule has 0 atom stereocenters. The maximum Gasteiger partial charge on any atom is 0.271 e. The van der Waals surface area contributed by atoms with E-state index in [1.54, 1.807) is 13.8 Å². The van der Waals surface area contributed by atoms with Gasteiger partial charge in [-0.25, -0.2) is 4.98 Å². The summed E-state index contributed by atoms with van der Waals surface area (Å²) in [5.74, 6) is -0.466. The normalized spacial score (nSPS) is 11.3. The molecule has 0 saturated carbocycles. The average molecular weight is 263 g/mol. The molecule has 0 aliphatic rings. The minimum atomic E-state index is -0.732. The Labute approximate surface area is 104 Å². The van der Waals surface area contributed by atoms with Gasteiger partial charge in [-0.2, -0.15) is 0 Å². The van der Waals surface area contributed by atoms with Crippen molar-refractivity contribution in [1.82, 2.24) is 10.3 Å². The van der Waals surface area contributed by atoms with Crippen LogP contribution in [0.2, 0.25) is 10.2 Å². The molecular weight excluding hydrogens is 251 g/mol. The van der Waals surface area contributed by atoms with Crippen LogP contribution in [0.25, 0.3) is 0 Å². The number of aromatic nitrogens is 1. The van der Waals surface area contributed by atoms with Gasteiger partial charge in [0.2, 0.25) is 0 Å². The Morgan fingerprint density at radius 1 is 1.50 bits per heavy atom. The molecule has 0 aliphatic heterocycles. The highest BCUT2D eigenvalue weighted by Gasteiger charge is 2.22. The quantitative estimate of drug-likeness (QED) is 0.818. The van der Waals surface area contributed by atoms with Gasteiger partial charge >= 0.3 is 0 Å². The summed E-state index contributed by atoms with van der Waals surface area (Å²) in [4.78, 5) is 15.6. The molecule has 2 N–H and O–H groups in total. The fourth-order valence-corrected chi connectivity index (χ4v) is 1.32. The number of aliphatic hydroxyl groups excluding tert-OH is 1. The standard InChI is InChI=1S/C10H12Cl2N2O2/c1-10(2,5-15)14-9(16)8-6(11)3-4-7(12)13-8/h3-4,15H,5H2,1-2H3,(H,14,16). The van der Waals surface area contributed by atoms with E-state index in [4.69, 9.17) is 28.3 Å². The number of carbonyl (C=O) groups is 1. The minimum Gasteiger partial charge on any atom is -0.394 e. The summed E-state index contributed by atoms with van der Waals surface area (Å²) in [6.07, 6.45) is 0. The first-order valence-corrected chi connectivity index (χ1v) is 5.37. The number of amides is 1. The summed E-state index contributed by atoms with van der Waals surface area (Å²) in [6, 6.07) is 3.00. The van der Waals surface area contributed by atoms with Crippen molar-refractivity contribution in [3.8, 4) is 0 Å². The minimum absolute atomic E-state index is 0.0516. The van der Waals surface area contributed by atoms with E-state index in [0.717, 1.165) is 0 Å². The van der Waals surface area contributed by atoms with Crippen molar-refractivity contribution >= 4 is 29.1 Å². The van der Waals surface area contributed by atoms with Gasteiger partial charge in [0.05, 0.1) is 17.2 Å². The van der Waals surface area contributed by atoms with Crippen LogP contribution in [0, 0.1) is 0 Å². The summed E-state index contributed by atoms with van der Waals surface area (Å²) in [5.41, 5.74) is -0.680. The molecular formula is C10H12Cl2N2O2. The van der Waals surface area contributed by atoms with Gasteiger partial charge in [0.25, 0.3) is 5.91 Å². The van der Waals surface area contributed by atoms with Crippen molar-refractivity contribution < 1.29 is 9.90 Å². The summed E-state index contributed by atoms with van der Waals surface area (Å²) < 4.78 is 0. The monoisotopic (exact) mass is 262 g/mol. The van der Waals surface area contributed by atoms with Crippen LogP contribution in [0.15, 0.2) is 12.1 Å². The van der Waals surface area contributed by atoms with Gasteiger partial charge in [0, 0.05) is 0 Å².